The Bertz CT molecular complexity index is 1440. The zero-order valence-electron chi connectivity index (χ0n) is 22.6. The van der Waals surface area contributed by atoms with Gasteiger partial charge in [-0.1, -0.05) is 30.3 Å². The first kappa shape index (κ1) is 28.4. The lowest BCUT2D eigenvalue weighted by molar-refractivity contribution is -0.115. The highest BCUT2D eigenvalue weighted by molar-refractivity contribution is 8.00. The lowest BCUT2D eigenvalue weighted by Gasteiger charge is -2.18. The molecule has 0 saturated heterocycles. The van der Waals surface area contributed by atoms with Crippen molar-refractivity contribution >= 4 is 35.0 Å². The quantitative estimate of drug-likeness (QED) is 0.204. The Morgan fingerprint density at radius 1 is 0.650 bits per heavy atom. The smallest absolute Gasteiger partial charge is 0.255 e. The van der Waals surface area contributed by atoms with E-state index in [-0.39, 0.29) is 11.8 Å². The van der Waals surface area contributed by atoms with Crippen LogP contribution in [0.3, 0.4) is 0 Å². The van der Waals surface area contributed by atoms with Gasteiger partial charge < -0.3 is 29.6 Å². The fraction of sp³-hybridized carbons (Fsp3) is 0.161. The van der Waals surface area contributed by atoms with Gasteiger partial charge in [0.15, 0.2) is 11.5 Å². The molecule has 0 aromatic heterocycles. The predicted octanol–water partition coefficient (Wildman–Crippen LogP) is 6.45. The minimum atomic E-state index is -0.536. The Morgan fingerprint density at radius 3 is 1.90 bits per heavy atom. The number of benzene rings is 4. The van der Waals surface area contributed by atoms with Crippen LogP contribution in [0.1, 0.15) is 21.2 Å². The molecule has 0 spiro atoms. The van der Waals surface area contributed by atoms with Gasteiger partial charge in [-0.2, -0.15) is 0 Å². The van der Waals surface area contributed by atoms with Crippen LogP contribution < -0.4 is 29.6 Å². The Kier molecular flexibility index (Phi) is 9.53. The average Bonchev–Trinajstić information content (AvgIpc) is 3.00. The normalized spacial score (nSPS) is 11.2. The van der Waals surface area contributed by atoms with Crippen molar-refractivity contribution < 1.29 is 28.5 Å². The number of carbonyl (C=O) groups excluding carboxylic acids is 2. The maximum absolute atomic E-state index is 13.5. The van der Waals surface area contributed by atoms with Gasteiger partial charge in [-0.15, -0.1) is 11.8 Å². The Morgan fingerprint density at radius 2 is 1.30 bits per heavy atom. The highest BCUT2D eigenvalue weighted by atomic mass is 32.2. The second kappa shape index (κ2) is 13.4. The minimum absolute atomic E-state index is 0.197. The summed E-state index contributed by atoms with van der Waals surface area (Å²) in [5, 5.41) is 5.34. The van der Waals surface area contributed by atoms with Gasteiger partial charge in [-0.05, 0) is 48.0 Å². The first-order valence-corrected chi connectivity index (χ1v) is 13.2. The number of carbonyl (C=O) groups is 2. The Hall–Kier alpha value is -4.63. The maximum Gasteiger partial charge on any atom is 0.255 e. The molecule has 2 amide bonds. The molecule has 8 nitrogen and oxygen atoms in total. The number of anilines is 2. The number of amides is 2. The van der Waals surface area contributed by atoms with Crippen LogP contribution in [0, 0.1) is 0 Å². The first-order valence-electron chi connectivity index (χ1n) is 12.3. The summed E-state index contributed by atoms with van der Waals surface area (Å²) in [4.78, 5) is 27.2. The molecule has 0 aliphatic heterocycles. The van der Waals surface area contributed by atoms with Crippen molar-refractivity contribution in [2.24, 2.45) is 0 Å². The number of methoxy groups -OCH3 is 4. The van der Waals surface area contributed by atoms with E-state index in [0.717, 1.165) is 10.5 Å². The van der Waals surface area contributed by atoms with Crippen LogP contribution in [0.2, 0.25) is 0 Å². The molecule has 9 heteroatoms. The molecule has 1 unspecified atom stereocenters. The second-order valence-electron chi connectivity index (χ2n) is 8.55. The van der Waals surface area contributed by atoms with E-state index in [2.05, 4.69) is 10.6 Å². The van der Waals surface area contributed by atoms with Crippen molar-refractivity contribution in [1.82, 2.24) is 0 Å². The Balaban J connectivity index is 1.50. The minimum Gasteiger partial charge on any atom is -0.497 e. The lowest BCUT2D eigenvalue weighted by Crippen LogP contribution is -2.19. The molecule has 0 saturated carbocycles. The number of rotatable bonds is 11. The summed E-state index contributed by atoms with van der Waals surface area (Å²) < 4.78 is 21.2. The highest BCUT2D eigenvalue weighted by Crippen LogP contribution is 2.37. The summed E-state index contributed by atoms with van der Waals surface area (Å²) in [7, 11) is 6.18. The van der Waals surface area contributed by atoms with E-state index in [1.807, 2.05) is 42.5 Å². The third-order valence-electron chi connectivity index (χ3n) is 5.97. The largest absolute Gasteiger partial charge is 0.497 e. The van der Waals surface area contributed by atoms with Gasteiger partial charge >= 0.3 is 0 Å². The van der Waals surface area contributed by atoms with Crippen LogP contribution in [0.15, 0.2) is 95.9 Å². The van der Waals surface area contributed by atoms with Gasteiger partial charge in [0.25, 0.3) is 5.91 Å². The summed E-state index contributed by atoms with van der Waals surface area (Å²) in [5.74, 6) is 1.69. The third kappa shape index (κ3) is 7.06. The number of nitrogens with one attached hydrogen (secondary N) is 2. The number of hydrogen-bond donors (Lipinski definition) is 2. The summed E-state index contributed by atoms with van der Waals surface area (Å²) in [6, 6.07) is 27.1. The Labute approximate surface area is 237 Å². The molecule has 4 rings (SSSR count). The molecule has 0 aliphatic rings. The topological polar surface area (TPSA) is 95.1 Å². The van der Waals surface area contributed by atoms with E-state index < -0.39 is 5.25 Å². The second-order valence-corrected chi connectivity index (χ2v) is 9.73. The molecule has 0 bridgehead atoms. The van der Waals surface area contributed by atoms with Crippen molar-refractivity contribution in [3.63, 3.8) is 0 Å². The maximum atomic E-state index is 13.5. The average molecular weight is 559 g/mol. The van der Waals surface area contributed by atoms with Crippen LogP contribution >= 0.6 is 11.8 Å². The third-order valence-corrected chi connectivity index (χ3v) is 7.24. The van der Waals surface area contributed by atoms with Crippen molar-refractivity contribution in [2.45, 2.75) is 10.1 Å². The van der Waals surface area contributed by atoms with Gasteiger partial charge in [0, 0.05) is 40.0 Å². The molecule has 4 aromatic rings. The summed E-state index contributed by atoms with van der Waals surface area (Å²) in [5.41, 5.74) is 2.47. The van der Waals surface area contributed by atoms with E-state index in [4.69, 9.17) is 18.9 Å². The molecule has 0 radical (unpaired) electrons. The molecule has 0 heterocycles. The summed E-state index contributed by atoms with van der Waals surface area (Å²) in [6.45, 7) is 0. The van der Waals surface area contributed by atoms with Crippen LogP contribution in [0.4, 0.5) is 11.4 Å². The zero-order valence-corrected chi connectivity index (χ0v) is 23.4. The fourth-order valence-electron chi connectivity index (χ4n) is 3.92. The van der Waals surface area contributed by atoms with E-state index in [0.29, 0.717) is 39.9 Å². The van der Waals surface area contributed by atoms with E-state index in [9.17, 15) is 9.59 Å². The standard InChI is InChI=1S/C31H30N2O6S/c1-36-24-17-23(18-25(19-24)37-2)33-31(35)29(20-8-6-5-7-9-20)40-26-13-11-22(12-14-26)32-30(34)21-10-15-27(38-3)28(16-21)39-4/h5-19,29H,1-4H3,(H,32,34)(H,33,35). The van der Waals surface area contributed by atoms with Gasteiger partial charge in [-0.25, -0.2) is 0 Å². The van der Waals surface area contributed by atoms with E-state index in [1.165, 1.54) is 18.9 Å². The van der Waals surface area contributed by atoms with Crippen LogP contribution in [0.25, 0.3) is 0 Å². The molecular formula is C31H30N2O6S. The molecule has 0 aliphatic carbocycles. The van der Waals surface area contributed by atoms with Gasteiger partial charge in [0.2, 0.25) is 5.91 Å². The van der Waals surface area contributed by atoms with E-state index >= 15 is 0 Å². The van der Waals surface area contributed by atoms with Gasteiger partial charge in [-0.3, -0.25) is 9.59 Å². The molecule has 1 atom stereocenters. The van der Waals surface area contributed by atoms with Crippen molar-refractivity contribution in [3.8, 4) is 23.0 Å². The molecule has 40 heavy (non-hydrogen) atoms. The molecule has 2 N–H and O–H groups in total. The van der Waals surface area contributed by atoms with Crippen molar-refractivity contribution in [2.75, 3.05) is 39.1 Å². The lowest BCUT2D eigenvalue weighted by atomic mass is 10.1. The number of thioether (sulfide) groups is 1. The summed E-state index contributed by atoms with van der Waals surface area (Å²) in [6.07, 6.45) is 0. The van der Waals surface area contributed by atoms with E-state index in [1.54, 1.807) is 69.9 Å². The van der Waals surface area contributed by atoms with Gasteiger partial charge in [0.05, 0.1) is 28.4 Å². The number of ether oxygens (including phenoxy) is 4. The fourth-order valence-corrected chi connectivity index (χ4v) is 4.95. The van der Waals surface area contributed by atoms with Gasteiger partial charge in [0.1, 0.15) is 16.7 Å². The van der Waals surface area contributed by atoms with Crippen LogP contribution in [0.5, 0.6) is 23.0 Å². The zero-order chi connectivity index (χ0) is 28.5. The van der Waals surface area contributed by atoms with Crippen molar-refractivity contribution in [3.05, 3.63) is 102 Å². The van der Waals surface area contributed by atoms with Crippen LogP contribution in [-0.4, -0.2) is 40.3 Å². The predicted molar refractivity (Wildman–Crippen MR) is 157 cm³/mol. The molecular weight excluding hydrogens is 528 g/mol. The first-order chi connectivity index (χ1) is 19.4. The van der Waals surface area contributed by atoms with Crippen molar-refractivity contribution in [1.29, 1.82) is 0 Å². The molecule has 0 fully saturated rings. The molecule has 4 aromatic carbocycles. The monoisotopic (exact) mass is 558 g/mol. The summed E-state index contributed by atoms with van der Waals surface area (Å²) >= 11 is 1.40. The number of hydrogen-bond acceptors (Lipinski definition) is 7. The SMILES string of the molecule is COc1cc(NC(=O)C(Sc2ccc(NC(=O)c3ccc(OC)c(OC)c3)cc2)c2ccccc2)cc(OC)c1. The molecule has 206 valence electrons. The van der Waals surface area contributed by atoms with Crippen LogP contribution in [-0.2, 0) is 4.79 Å². The highest BCUT2D eigenvalue weighted by Gasteiger charge is 2.23.